The van der Waals surface area contributed by atoms with Gasteiger partial charge in [0.25, 0.3) is 10.0 Å². The van der Waals surface area contributed by atoms with Crippen LogP contribution in [0.15, 0.2) is 34.2 Å². The molecule has 0 unspecified atom stereocenters. The van der Waals surface area contributed by atoms with Gasteiger partial charge in [0.05, 0.1) is 18.1 Å². The molecule has 0 atom stereocenters. The summed E-state index contributed by atoms with van der Waals surface area (Å²) in [6.45, 7) is 3.44. The lowest BCUT2D eigenvalue weighted by Crippen LogP contribution is -2.41. The van der Waals surface area contributed by atoms with Crippen LogP contribution in [0, 0.1) is 5.92 Å². The van der Waals surface area contributed by atoms with Crippen molar-refractivity contribution in [2.45, 2.75) is 49.7 Å². The minimum absolute atomic E-state index is 0.0832. The fourth-order valence-electron chi connectivity index (χ4n) is 4.23. The fourth-order valence-corrected chi connectivity index (χ4v) is 5.49. The molecule has 8 nitrogen and oxygen atoms in total. The molecule has 1 aromatic carbocycles. The lowest BCUT2D eigenvalue weighted by molar-refractivity contribution is -0.137. The summed E-state index contributed by atoms with van der Waals surface area (Å²) in [4.78, 5) is 19.1. The number of fused-ring (bicyclic) bond motifs is 1. The van der Waals surface area contributed by atoms with Crippen molar-refractivity contribution in [2.75, 3.05) is 32.8 Å². The molecule has 3 heterocycles. The Balaban J connectivity index is 1.14. The molecule has 0 aliphatic carbocycles. The number of nitrogens with zero attached hydrogens (tertiary/aromatic N) is 2. The number of hydrogen-bond acceptors (Lipinski definition) is 6. The average Bonchev–Trinajstić information content (AvgIpc) is 3.38. The highest BCUT2D eigenvalue weighted by atomic mass is 32.2. The second-order valence-electron chi connectivity index (χ2n) is 7.97. The SMILES string of the molecule is O=C(CCCCCN=C1NS(=O)(=O)c2ccccc21)N1CCC(C2OCCO2)CC1. The van der Waals surface area contributed by atoms with Crippen LogP contribution in [0.4, 0.5) is 0 Å². The molecule has 2 fully saturated rings. The molecule has 1 aromatic rings. The third-order valence-electron chi connectivity index (χ3n) is 5.91. The molecule has 164 valence electrons. The molecule has 4 rings (SSSR count). The van der Waals surface area contributed by atoms with Crippen molar-refractivity contribution in [1.29, 1.82) is 0 Å². The average molecular weight is 436 g/mol. The molecule has 3 aliphatic heterocycles. The topological polar surface area (TPSA) is 97.3 Å². The molecule has 0 aromatic heterocycles. The summed E-state index contributed by atoms with van der Waals surface area (Å²) in [6.07, 6.45) is 4.86. The van der Waals surface area contributed by atoms with E-state index in [1.165, 1.54) is 0 Å². The second kappa shape index (κ2) is 9.45. The summed E-state index contributed by atoms with van der Waals surface area (Å²) in [5, 5.41) is 0. The number of carbonyl (C=O) groups is 1. The zero-order valence-corrected chi connectivity index (χ0v) is 17.9. The molecular formula is C21H29N3O5S. The van der Waals surface area contributed by atoms with Crippen molar-refractivity contribution in [3.05, 3.63) is 29.8 Å². The van der Waals surface area contributed by atoms with Crippen LogP contribution in [-0.2, 0) is 24.3 Å². The summed E-state index contributed by atoms with van der Waals surface area (Å²) in [6, 6.07) is 6.86. The molecule has 2 saturated heterocycles. The normalized spacial score (nSPS) is 22.9. The number of amides is 1. The Morgan fingerprint density at radius 3 is 2.60 bits per heavy atom. The number of unbranched alkanes of at least 4 members (excludes halogenated alkanes) is 2. The molecule has 0 spiro atoms. The van der Waals surface area contributed by atoms with E-state index in [-0.39, 0.29) is 17.1 Å². The Morgan fingerprint density at radius 1 is 1.10 bits per heavy atom. The monoisotopic (exact) mass is 435 g/mol. The van der Waals surface area contributed by atoms with Gasteiger partial charge >= 0.3 is 0 Å². The first-order chi connectivity index (χ1) is 14.5. The van der Waals surface area contributed by atoms with E-state index in [0.717, 1.165) is 45.2 Å². The van der Waals surface area contributed by atoms with Crippen LogP contribution in [0.3, 0.4) is 0 Å². The molecule has 1 amide bonds. The van der Waals surface area contributed by atoms with Crippen molar-refractivity contribution in [3.8, 4) is 0 Å². The highest BCUT2D eigenvalue weighted by Crippen LogP contribution is 2.26. The maximum atomic E-state index is 12.4. The highest BCUT2D eigenvalue weighted by molar-refractivity contribution is 7.90. The minimum Gasteiger partial charge on any atom is -0.350 e. The number of ether oxygens (including phenoxy) is 2. The molecule has 0 bridgehead atoms. The third-order valence-corrected chi connectivity index (χ3v) is 7.30. The predicted octanol–water partition coefficient (Wildman–Crippen LogP) is 1.90. The second-order valence-corrected chi connectivity index (χ2v) is 9.62. The number of rotatable bonds is 7. The Labute approximate surface area is 177 Å². The number of benzene rings is 1. The number of piperidine rings is 1. The van der Waals surface area contributed by atoms with Crippen molar-refractivity contribution in [1.82, 2.24) is 9.62 Å². The van der Waals surface area contributed by atoms with Gasteiger partial charge in [0, 0.05) is 37.5 Å². The highest BCUT2D eigenvalue weighted by Gasteiger charge is 2.32. The molecule has 3 aliphatic rings. The zero-order valence-electron chi connectivity index (χ0n) is 17.1. The molecule has 9 heteroatoms. The third kappa shape index (κ3) is 4.84. The van der Waals surface area contributed by atoms with Crippen LogP contribution >= 0.6 is 0 Å². The van der Waals surface area contributed by atoms with Gasteiger partial charge in [-0.15, -0.1) is 0 Å². The quantitative estimate of drug-likeness (QED) is 0.660. The molecule has 0 saturated carbocycles. The summed E-state index contributed by atoms with van der Waals surface area (Å²) < 4.78 is 37.8. The summed E-state index contributed by atoms with van der Waals surface area (Å²) in [5.74, 6) is 1.03. The van der Waals surface area contributed by atoms with Gasteiger partial charge in [-0.1, -0.05) is 18.6 Å². The van der Waals surface area contributed by atoms with Crippen LogP contribution in [0.25, 0.3) is 0 Å². The van der Waals surface area contributed by atoms with E-state index in [4.69, 9.17) is 9.47 Å². The van der Waals surface area contributed by atoms with Crippen LogP contribution in [0.1, 0.15) is 44.1 Å². The molecule has 1 N–H and O–H groups in total. The number of likely N-dealkylation sites (tertiary alicyclic amines) is 1. The largest absolute Gasteiger partial charge is 0.350 e. The number of carbonyl (C=O) groups excluding carboxylic acids is 1. The van der Waals surface area contributed by atoms with Crippen LogP contribution in [0.5, 0.6) is 0 Å². The van der Waals surface area contributed by atoms with E-state index in [9.17, 15) is 13.2 Å². The van der Waals surface area contributed by atoms with Gasteiger partial charge in [0.2, 0.25) is 5.91 Å². The fraction of sp³-hybridized carbons (Fsp3) is 0.619. The maximum Gasteiger partial charge on any atom is 0.263 e. The van der Waals surface area contributed by atoms with Crippen molar-refractivity contribution in [3.63, 3.8) is 0 Å². The van der Waals surface area contributed by atoms with Gasteiger partial charge in [0.1, 0.15) is 5.84 Å². The lowest BCUT2D eigenvalue weighted by Gasteiger charge is -2.34. The minimum atomic E-state index is -3.48. The molecular weight excluding hydrogens is 406 g/mol. The van der Waals surface area contributed by atoms with Gasteiger partial charge in [0.15, 0.2) is 6.29 Å². The number of sulfonamides is 1. The van der Waals surface area contributed by atoms with Crippen LogP contribution in [0.2, 0.25) is 0 Å². The van der Waals surface area contributed by atoms with Crippen molar-refractivity contribution in [2.24, 2.45) is 10.9 Å². The van der Waals surface area contributed by atoms with E-state index in [1.54, 1.807) is 24.3 Å². The van der Waals surface area contributed by atoms with Gasteiger partial charge in [-0.2, -0.15) is 0 Å². The van der Waals surface area contributed by atoms with Crippen LogP contribution < -0.4 is 4.72 Å². The van der Waals surface area contributed by atoms with E-state index in [0.29, 0.717) is 43.5 Å². The van der Waals surface area contributed by atoms with Gasteiger partial charge in [-0.3, -0.25) is 14.5 Å². The van der Waals surface area contributed by atoms with Crippen LogP contribution in [-0.4, -0.2) is 64.2 Å². The number of nitrogens with one attached hydrogen (secondary N) is 1. The molecule has 0 radical (unpaired) electrons. The summed E-state index contributed by atoms with van der Waals surface area (Å²) in [7, 11) is -3.48. The first kappa shape index (κ1) is 21.3. The Bertz CT molecular complexity index is 888. The Kier molecular flexibility index (Phi) is 6.70. The van der Waals surface area contributed by atoms with Gasteiger partial charge in [-0.25, -0.2) is 8.42 Å². The lowest BCUT2D eigenvalue weighted by atomic mass is 9.96. The zero-order chi connectivity index (χ0) is 21.0. The van der Waals surface area contributed by atoms with Crippen molar-refractivity contribution < 1.29 is 22.7 Å². The smallest absolute Gasteiger partial charge is 0.263 e. The number of hydrogen-bond donors (Lipinski definition) is 1. The Hall–Kier alpha value is -1.97. The standard InChI is InChI=1S/C21H29N3O5S/c25-19(24-12-9-16(10-13-24)21-28-14-15-29-21)8-2-1-5-11-22-20-17-6-3-4-7-18(17)30(26,27)23-20/h3-4,6-7,16,21H,1-2,5,8-15H2,(H,22,23). The summed E-state index contributed by atoms with van der Waals surface area (Å²) in [5.41, 5.74) is 0.629. The first-order valence-electron chi connectivity index (χ1n) is 10.7. The first-order valence-corrected chi connectivity index (χ1v) is 12.2. The molecule has 30 heavy (non-hydrogen) atoms. The van der Waals surface area contributed by atoms with E-state index in [2.05, 4.69) is 9.71 Å². The van der Waals surface area contributed by atoms with Gasteiger partial charge in [-0.05, 0) is 37.8 Å². The van der Waals surface area contributed by atoms with E-state index >= 15 is 0 Å². The maximum absolute atomic E-state index is 12.4. The number of amidine groups is 1. The van der Waals surface area contributed by atoms with Gasteiger partial charge < -0.3 is 14.4 Å². The number of aliphatic imine (C=N–C) groups is 1. The predicted molar refractivity (Wildman–Crippen MR) is 112 cm³/mol. The van der Waals surface area contributed by atoms with E-state index < -0.39 is 10.0 Å². The Morgan fingerprint density at radius 2 is 1.83 bits per heavy atom. The summed E-state index contributed by atoms with van der Waals surface area (Å²) >= 11 is 0. The van der Waals surface area contributed by atoms with Crippen molar-refractivity contribution >= 4 is 21.8 Å². The van der Waals surface area contributed by atoms with E-state index in [1.807, 2.05) is 4.90 Å².